The summed E-state index contributed by atoms with van der Waals surface area (Å²) >= 11 is 6.99. The van der Waals surface area contributed by atoms with Crippen LogP contribution in [0, 0.1) is 6.92 Å². The summed E-state index contributed by atoms with van der Waals surface area (Å²) in [5, 5.41) is 6.94. The van der Waals surface area contributed by atoms with Crippen molar-refractivity contribution in [2.75, 3.05) is 5.32 Å². The van der Waals surface area contributed by atoms with Crippen LogP contribution in [-0.4, -0.2) is 26.3 Å². The molecule has 116 valence electrons. The number of ketones is 1. The van der Waals surface area contributed by atoms with Gasteiger partial charge in [-0.2, -0.15) is 0 Å². The van der Waals surface area contributed by atoms with E-state index in [9.17, 15) is 9.59 Å². The van der Waals surface area contributed by atoms with Crippen LogP contribution in [0.5, 0.6) is 0 Å². The summed E-state index contributed by atoms with van der Waals surface area (Å²) in [6.07, 6.45) is 1.66. The Hall–Kier alpha value is -2.51. The van der Waals surface area contributed by atoms with Gasteiger partial charge in [0.1, 0.15) is 4.88 Å². The Morgan fingerprint density at radius 3 is 2.78 bits per heavy atom. The van der Waals surface area contributed by atoms with Gasteiger partial charge in [-0.25, -0.2) is 0 Å². The molecule has 3 aromatic rings. The molecule has 0 atom stereocenters. The molecule has 0 fully saturated rings. The molecule has 0 bridgehead atoms. The third-order valence-electron chi connectivity index (χ3n) is 3.17. The highest BCUT2D eigenvalue weighted by Crippen LogP contribution is 2.24. The average Bonchev–Trinajstić information content (AvgIpc) is 3.19. The maximum absolute atomic E-state index is 12.6. The van der Waals surface area contributed by atoms with Crippen molar-refractivity contribution in [2.45, 2.75) is 6.92 Å². The first-order chi connectivity index (χ1) is 11.1. The number of benzene rings is 1. The summed E-state index contributed by atoms with van der Waals surface area (Å²) in [6, 6.07) is 8.12. The van der Waals surface area contributed by atoms with Crippen molar-refractivity contribution in [3.63, 3.8) is 0 Å². The van der Waals surface area contributed by atoms with Gasteiger partial charge in [0.25, 0.3) is 5.91 Å². The van der Waals surface area contributed by atoms with E-state index in [0.29, 0.717) is 32.5 Å². The predicted molar refractivity (Wildman–Crippen MR) is 88.3 cm³/mol. The monoisotopic (exact) mass is 346 g/mol. The van der Waals surface area contributed by atoms with E-state index < -0.39 is 0 Å². The Morgan fingerprint density at radius 2 is 2.13 bits per heavy atom. The number of carbonyl (C=O) groups is 2. The number of carbonyl (C=O) groups excluding carboxylic acids is 2. The zero-order valence-electron chi connectivity index (χ0n) is 12.0. The van der Waals surface area contributed by atoms with Crippen LogP contribution in [0.3, 0.4) is 0 Å². The van der Waals surface area contributed by atoms with Gasteiger partial charge in [-0.1, -0.05) is 16.1 Å². The van der Waals surface area contributed by atoms with Crippen molar-refractivity contribution < 1.29 is 9.59 Å². The maximum atomic E-state index is 12.6. The van der Waals surface area contributed by atoms with Crippen LogP contribution < -0.4 is 5.32 Å². The number of aromatic nitrogens is 3. The highest BCUT2D eigenvalue weighted by Gasteiger charge is 2.19. The third kappa shape index (κ3) is 3.15. The van der Waals surface area contributed by atoms with E-state index in [4.69, 9.17) is 11.6 Å². The number of aromatic amines is 1. The molecular weight excluding hydrogens is 336 g/mol. The molecule has 2 N–H and O–H groups in total. The normalized spacial score (nSPS) is 10.5. The Bertz CT molecular complexity index is 873. The van der Waals surface area contributed by atoms with Gasteiger partial charge in [0.2, 0.25) is 5.78 Å². The van der Waals surface area contributed by atoms with Crippen molar-refractivity contribution in [3.8, 4) is 0 Å². The fraction of sp³-hybridized carbons (Fsp3) is 0.0667. The Balaban J connectivity index is 1.95. The number of aryl methyl sites for hydroxylation is 1. The molecule has 0 unspecified atom stereocenters. The Morgan fingerprint density at radius 1 is 1.30 bits per heavy atom. The molecule has 2 aromatic heterocycles. The molecule has 0 aliphatic heterocycles. The fourth-order valence-corrected chi connectivity index (χ4v) is 2.77. The van der Waals surface area contributed by atoms with Gasteiger partial charge < -0.3 is 10.3 Å². The Kier molecular flexibility index (Phi) is 4.22. The first-order valence-electron chi connectivity index (χ1n) is 6.64. The van der Waals surface area contributed by atoms with Gasteiger partial charge in [0.05, 0.1) is 17.1 Å². The van der Waals surface area contributed by atoms with E-state index in [2.05, 4.69) is 19.9 Å². The number of hydrogen-bond acceptors (Lipinski definition) is 5. The lowest BCUT2D eigenvalue weighted by Crippen LogP contribution is -2.15. The van der Waals surface area contributed by atoms with E-state index in [0.717, 1.165) is 11.5 Å². The molecule has 3 rings (SSSR count). The molecular formula is C15H11ClN4O2S. The number of nitrogens with one attached hydrogen (secondary N) is 2. The minimum atomic E-state index is -0.361. The van der Waals surface area contributed by atoms with Gasteiger partial charge in [0, 0.05) is 16.8 Å². The standard InChI is InChI=1S/C15H11ClN4O2S/c1-8-14(23-20-19-8)15(22)18-11-5-4-9(16)7-10(11)13(21)12-3-2-6-17-12/h2-7,17H,1H3,(H,18,22). The van der Waals surface area contributed by atoms with Crippen LogP contribution >= 0.6 is 23.1 Å². The molecule has 1 aromatic carbocycles. The topological polar surface area (TPSA) is 87.7 Å². The molecule has 23 heavy (non-hydrogen) atoms. The maximum Gasteiger partial charge on any atom is 0.269 e. The molecule has 1 amide bonds. The Labute approximate surface area is 140 Å². The SMILES string of the molecule is Cc1nnsc1C(=O)Nc1ccc(Cl)cc1C(=O)c1ccc[nH]1. The lowest BCUT2D eigenvalue weighted by Gasteiger charge is -2.10. The van der Waals surface area contributed by atoms with Gasteiger partial charge in [-0.3, -0.25) is 9.59 Å². The second-order valence-electron chi connectivity index (χ2n) is 4.74. The van der Waals surface area contributed by atoms with Crippen LogP contribution in [0.15, 0.2) is 36.5 Å². The van der Waals surface area contributed by atoms with Crippen molar-refractivity contribution in [1.82, 2.24) is 14.6 Å². The lowest BCUT2D eigenvalue weighted by molar-refractivity contribution is 0.103. The molecule has 0 saturated heterocycles. The van der Waals surface area contributed by atoms with Crippen LogP contribution in [0.4, 0.5) is 5.69 Å². The van der Waals surface area contributed by atoms with Crippen LogP contribution in [0.2, 0.25) is 5.02 Å². The zero-order valence-corrected chi connectivity index (χ0v) is 13.5. The summed E-state index contributed by atoms with van der Waals surface area (Å²) in [7, 11) is 0. The van der Waals surface area contributed by atoms with Gasteiger partial charge in [-0.15, -0.1) is 5.10 Å². The third-order valence-corrected chi connectivity index (χ3v) is 4.24. The highest BCUT2D eigenvalue weighted by atomic mass is 35.5. The van der Waals surface area contributed by atoms with E-state index in [1.165, 1.54) is 6.07 Å². The van der Waals surface area contributed by atoms with Gasteiger partial charge >= 0.3 is 0 Å². The van der Waals surface area contributed by atoms with Crippen molar-refractivity contribution in [1.29, 1.82) is 0 Å². The summed E-state index contributed by atoms with van der Waals surface area (Å²) in [6.45, 7) is 1.70. The first kappa shape index (κ1) is 15.4. The molecule has 0 saturated carbocycles. The summed E-state index contributed by atoms with van der Waals surface area (Å²) in [5.41, 5.74) is 1.65. The van der Waals surface area contributed by atoms with Crippen LogP contribution in [0.1, 0.15) is 31.4 Å². The fourth-order valence-electron chi connectivity index (χ4n) is 2.05. The van der Waals surface area contributed by atoms with Crippen LogP contribution in [0.25, 0.3) is 0 Å². The summed E-state index contributed by atoms with van der Waals surface area (Å²) < 4.78 is 3.73. The number of anilines is 1. The minimum absolute atomic E-state index is 0.257. The molecule has 6 nitrogen and oxygen atoms in total. The van der Waals surface area contributed by atoms with E-state index in [-0.39, 0.29) is 11.7 Å². The molecule has 8 heteroatoms. The number of H-pyrrole nitrogens is 1. The largest absolute Gasteiger partial charge is 0.359 e. The average molecular weight is 347 g/mol. The van der Waals surface area contributed by atoms with Gasteiger partial charge in [-0.05, 0) is 48.8 Å². The van der Waals surface area contributed by atoms with Crippen molar-refractivity contribution in [2.24, 2.45) is 0 Å². The smallest absolute Gasteiger partial charge is 0.269 e. The number of rotatable bonds is 4. The van der Waals surface area contributed by atoms with Crippen molar-refractivity contribution >= 4 is 40.5 Å². The molecule has 2 heterocycles. The zero-order chi connectivity index (χ0) is 16.4. The molecule has 0 aliphatic carbocycles. The quantitative estimate of drug-likeness (QED) is 0.709. The number of hydrogen-bond donors (Lipinski definition) is 2. The summed E-state index contributed by atoms with van der Waals surface area (Å²) in [5.74, 6) is -0.618. The second kappa shape index (κ2) is 6.31. The molecule has 0 aliphatic rings. The molecule has 0 radical (unpaired) electrons. The van der Waals surface area contributed by atoms with Gasteiger partial charge in [0.15, 0.2) is 0 Å². The minimum Gasteiger partial charge on any atom is -0.359 e. The second-order valence-corrected chi connectivity index (χ2v) is 5.93. The molecule has 0 spiro atoms. The van der Waals surface area contributed by atoms with Crippen molar-refractivity contribution in [3.05, 3.63) is 63.4 Å². The van der Waals surface area contributed by atoms with E-state index in [1.807, 2.05) is 0 Å². The predicted octanol–water partition coefficient (Wildman–Crippen LogP) is 3.31. The first-order valence-corrected chi connectivity index (χ1v) is 7.79. The number of halogens is 1. The number of nitrogens with zero attached hydrogens (tertiary/aromatic N) is 2. The number of amides is 1. The van der Waals surface area contributed by atoms with E-state index in [1.54, 1.807) is 37.4 Å². The van der Waals surface area contributed by atoms with Crippen LogP contribution in [-0.2, 0) is 0 Å². The summed E-state index contributed by atoms with van der Waals surface area (Å²) in [4.78, 5) is 28.1. The van der Waals surface area contributed by atoms with E-state index >= 15 is 0 Å². The highest BCUT2D eigenvalue weighted by molar-refractivity contribution is 7.08. The lowest BCUT2D eigenvalue weighted by atomic mass is 10.1.